The summed E-state index contributed by atoms with van der Waals surface area (Å²) < 4.78 is 4.75. The number of aryl methyl sites for hydroxylation is 1. The fourth-order valence-corrected chi connectivity index (χ4v) is 1.54. The number of carbonyl (C=O) groups excluding carboxylic acids is 1. The van der Waals surface area contributed by atoms with Crippen molar-refractivity contribution < 1.29 is 9.53 Å². The van der Waals surface area contributed by atoms with E-state index in [2.05, 4.69) is 10.3 Å². The highest BCUT2D eigenvalue weighted by Gasteiger charge is 2.27. The Morgan fingerprint density at radius 3 is 2.82 bits per heavy atom. The van der Waals surface area contributed by atoms with Gasteiger partial charge in [0.25, 0.3) is 0 Å². The van der Waals surface area contributed by atoms with E-state index in [1.54, 1.807) is 6.20 Å². The van der Waals surface area contributed by atoms with Gasteiger partial charge in [-0.1, -0.05) is 0 Å². The lowest BCUT2D eigenvalue weighted by molar-refractivity contribution is -0.150. The molecule has 0 unspecified atom stereocenters. The van der Waals surface area contributed by atoms with Crippen molar-refractivity contribution in [2.24, 2.45) is 5.41 Å². The average molecular weight is 236 g/mol. The van der Waals surface area contributed by atoms with E-state index in [-0.39, 0.29) is 5.97 Å². The Balaban J connectivity index is 2.48. The van der Waals surface area contributed by atoms with Crippen LogP contribution in [0.4, 0.5) is 0 Å². The van der Waals surface area contributed by atoms with Gasteiger partial charge >= 0.3 is 5.97 Å². The monoisotopic (exact) mass is 236 g/mol. The zero-order valence-corrected chi connectivity index (χ0v) is 10.9. The van der Waals surface area contributed by atoms with Gasteiger partial charge in [-0.25, -0.2) is 0 Å². The quantitative estimate of drug-likeness (QED) is 0.790. The van der Waals surface area contributed by atoms with Crippen molar-refractivity contribution in [2.45, 2.75) is 27.3 Å². The van der Waals surface area contributed by atoms with Crippen LogP contribution in [0.5, 0.6) is 0 Å². The van der Waals surface area contributed by atoms with E-state index in [0.717, 1.165) is 5.56 Å². The number of nitrogens with one attached hydrogen (secondary N) is 1. The van der Waals surface area contributed by atoms with Crippen LogP contribution >= 0.6 is 0 Å². The van der Waals surface area contributed by atoms with Gasteiger partial charge in [-0.3, -0.25) is 9.78 Å². The van der Waals surface area contributed by atoms with E-state index in [1.165, 1.54) is 12.7 Å². The minimum atomic E-state index is -0.509. The molecule has 0 aliphatic carbocycles. The summed E-state index contributed by atoms with van der Waals surface area (Å²) in [4.78, 5) is 15.5. The maximum absolute atomic E-state index is 11.5. The summed E-state index contributed by atoms with van der Waals surface area (Å²) in [6.07, 6.45) is 3.62. The molecule has 4 nitrogen and oxygen atoms in total. The molecule has 0 spiro atoms. The zero-order valence-electron chi connectivity index (χ0n) is 10.9. The van der Waals surface area contributed by atoms with Crippen LogP contribution in [0, 0.1) is 12.3 Å². The number of rotatable bonds is 5. The standard InChI is InChI=1S/C13H20N2O2/c1-10-5-6-14-7-11(10)8-15-9-13(2,3)12(16)17-4/h5-7,15H,8-9H2,1-4H3. The summed E-state index contributed by atoms with van der Waals surface area (Å²) in [5, 5.41) is 3.26. The molecule has 0 atom stereocenters. The fourth-order valence-electron chi connectivity index (χ4n) is 1.54. The number of pyridine rings is 1. The SMILES string of the molecule is COC(=O)C(C)(C)CNCc1cnccc1C. The van der Waals surface area contributed by atoms with Crippen LogP contribution in [-0.2, 0) is 16.1 Å². The summed E-state index contributed by atoms with van der Waals surface area (Å²) in [6, 6.07) is 1.97. The Bertz CT molecular complexity index is 389. The predicted octanol–water partition coefficient (Wildman–Crippen LogP) is 1.68. The molecule has 17 heavy (non-hydrogen) atoms. The molecule has 0 amide bonds. The largest absolute Gasteiger partial charge is 0.469 e. The van der Waals surface area contributed by atoms with E-state index in [4.69, 9.17) is 4.74 Å². The van der Waals surface area contributed by atoms with Gasteiger partial charge in [-0.2, -0.15) is 0 Å². The first-order chi connectivity index (χ1) is 7.97. The molecule has 1 aromatic heterocycles. The molecule has 0 aliphatic heterocycles. The van der Waals surface area contributed by atoms with Gasteiger partial charge in [0.2, 0.25) is 0 Å². The molecule has 1 aromatic rings. The Hall–Kier alpha value is -1.42. The van der Waals surface area contributed by atoms with Crippen molar-refractivity contribution in [2.75, 3.05) is 13.7 Å². The molecule has 94 valence electrons. The van der Waals surface area contributed by atoms with E-state index in [1.807, 2.05) is 33.0 Å². The third kappa shape index (κ3) is 3.82. The highest BCUT2D eigenvalue weighted by atomic mass is 16.5. The first kappa shape index (κ1) is 13.6. The molecule has 0 bridgehead atoms. The molecule has 0 saturated carbocycles. The molecule has 1 heterocycles. The summed E-state index contributed by atoms with van der Waals surface area (Å²) >= 11 is 0. The lowest BCUT2D eigenvalue weighted by Gasteiger charge is -2.22. The third-order valence-corrected chi connectivity index (χ3v) is 2.77. The highest BCUT2D eigenvalue weighted by molar-refractivity contribution is 5.76. The van der Waals surface area contributed by atoms with E-state index < -0.39 is 5.41 Å². The second-order valence-electron chi connectivity index (χ2n) is 4.78. The number of hydrogen-bond donors (Lipinski definition) is 1. The third-order valence-electron chi connectivity index (χ3n) is 2.77. The second kappa shape index (κ2) is 5.77. The lowest BCUT2D eigenvalue weighted by Crippen LogP contribution is -2.36. The van der Waals surface area contributed by atoms with E-state index >= 15 is 0 Å². The predicted molar refractivity (Wildman–Crippen MR) is 66.5 cm³/mol. The fraction of sp³-hybridized carbons (Fsp3) is 0.538. The minimum absolute atomic E-state index is 0.201. The number of esters is 1. The van der Waals surface area contributed by atoms with Crippen molar-refractivity contribution in [1.82, 2.24) is 10.3 Å². The summed E-state index contributed by atoms with van der Waals surface area (Å²) in [6.45, 7) is 7.06. The first-order valence-corrected chi connectivity index (χ1v) is 5.66. The van der Waals surface area contributed by atoms with Gasteiger partial charge in [0.15, 0.2) is 0 Å². The van der Waals surface area contributed by atoms with Crippen molar-refractivity contribution in [1.29, 1.82) is 0 Å². The molecule has 4 heteroatoms. The lowest BCUT2D eigenvalue weighted by atomic mass is 9.93. The Labute approximate surface area is 102 Å². The van der Waals surface area contributed by atoms with Gasteiger partial charge in [-0.15, -0.1) is 0 Å². The molecule has 0 fully saturated rings. The normalized spacial score (nSPS) is 11.3. The van der Waals surface area contributed by atoms with E-state index in [9.17, 15) is 4.79 Å². The first-order valence-electron chi connectivity index (χ1n) is 5.66. The number of methoxy groups -OCH3 is 1. The van der Waals surface area contributed by atoms with Crippen LogP contribution < -0.4 is 5.32 Å². The molecule has 1 N–H and O–H groups in total. The van der Waals surface area contributed by atoms with Crippen LogP contribution in [0.1, 0.15) is 25.0 Å². The molecule has 0 aliphatic rings. The minimum Gasteiger partial charge on any atom is -0.469 e. The van der Waals surface area contributed by atoms with Crippen LogP contribution in [0.15, 0.2) is 18.5 Å². The summed E-state index contributed by atoms with van der Waals surface area (Å²) in [5.41, 5.74) is 1.83. The molecule has 0 aromatic carbocycles. The highest BCUT2D eigenvalue weighted by Crippen LogP contribution is 2.15. The summed E-state index contributed by atoms with van der Waals surface area (Å²) in [7, 11) is 1.41. The van der Waals surface area contributed by atoms with Crippen LogP contribution in [-0.4, -0.2) is 24.6 Å². The molecular formula is C13H20N2O2. The smallest absolute Gasteiger partial charge is 0.312 e. The van der Waals surface area contributed by atoms with Crippen LogP contribution in [0.3, 0.4) is 0 Å². The number of nitrogens with zero attached hydrogens (tertiary/aromatic N) is 1. The van der Waals surface area contributed by atoms with Gasteiger partial charge in [0, 0.05) is 25.5 Å². The Morgan fingerprint density at radius 1 is 1.53 bits per heavy atom. The molecular weight excluding hydrogens is 216 g/mol. The molecule has 1 rings (SSSR count). The van der Waals surface area contributed by atoms with Gasteiger partial charge < -0.3 is 10.1 Å². The zero-order chi connectivity index (χ0) is 12.9. The Kier molecular flexibility index (Phi) is 4.63. The van der Waals surface area contributed by atoms with Crippen LogP contribution in [0.25, 0.3) is 0 Å². The number of carbonyl (C=O) groups is 1. The number of hydrogen-bond acceptors (Lipinski definition) is 4. The van der Waals surface area contributed by atoms with Crippen molar-refractivity contribution >= 4 is 5.97 Å². The van der Waals surface area contributed by atoms with Crippen LogP contribution in [0.2, 0.25) is 0 Å². The van der Waals surface area contributed by atoms with Gasteiger partial charge in [0.05, 0.1) is 12.5 Å². The topological polar surface area (TPSA) is 51.2 Å². The number of aromatic nitrogens is 1. The average Bonchev–Trinajstić information content (AvgIpc) is 2.30. The number of ether oxygens (including phenoxy) is 1. The maximum Gasteiger partial charge on any atom is 0.312 e. The maximum atomic E-state index is 11.5. The van der Waals surface area contributed by atoms with Gasteiger partial charge in [0.1, 0.15) is 0 Å². The summed E-state index contributed by atoms with van der Waals surface area (Å²) in [5.74, 6) is -0.201. The van der Waals surface area contributed by atoms with Crippen molar-refractivity contribution in [3.8, 4) is 0 Å². The molecule has 0 saturated heterocycles. The van der Waals surface area contributed by atoms with E-state index in [0.29, 0.717) is 13.1 Å². The van der Waals surface area contributed by atoms with Crippen molar-refractivity contribution in [3.05, 3.63) is 29.6 Å². The van der Waals surface area contributed by atoms with Gasteiger partial charge in [-0.05, 0) is 38.0 Å². The molecule has 0 radical (unpaired) electrons. The van der Waals surface area contributed by atoms with Crippen molar-refractivity contribution in [3.63, 3.8) is 0 Å². The second-order valence-corrected chi connectivity index (χ2v) is 4.78. The Morgan fingerprint density at radius 2 is 2.24 bits per heavy atom.